The first kappa shape index (κ1) is 18.0. The average Bonchev–Trinajstić information content (AvgIpc) is 3.32. The van der Waals surface area contributed by atoms with Gasteiger partial charge in [-0.05, 0) is 31.2 Å². The summed E-state index contributed by atoms with van der Waals surface area (Å²) < 4.78 is 32.7. The van der Waals surface area contributed by atoms with Gasteiger partial charge >= 0.3 is 0 Å². The molecule has 4 aromatic rings. The number of oxazole rings is 1. The van der Waals surface area contributed by atoms with Crippen LogP contribution in [-0.4, -0.2) is 15.9 Å². The zero-order valence-corrected chi connectivity index (χ0v) is 15.4. The smallest absolute Gasteiger partial charge is 0.261 e. The van der Waals surface area contributed by atoms with Crippen molar-refractivity contribution in [2.24, 2.45) is 0 Å². The van der Waals surface area contributed by atoms with Crippen LogP contribution in [0, 0.1) is 18.6 Å². The summed E-state index contributed by atoms with van der Waals surface area (Å²) in [5.74, 6) is -2.07. The summed E-state index contributed by atoms with van der Waals surface area (Å²) in [4.78, 5) is 21.7. The molecule has 2 aromatic carbocycles. The van der Waals surface area contributed by atoms with E-state index in [1.54, 1.807) is 30.5 Å². The Labute approximate surface area is 162 Å². The molecule has 0 radical (unpaired) electrons. The van der Waals surface area contributed by atoms with E-state index in [1.807, 2.05) is 6.92 Å². The number of carbonyl (C=O) groups is 1. The van der Waals surface area contributed by atoms with Crippen molar-refractivity contribution in [1.82, 2.24) is 9.97 Å². The number of anilines is 1. The number of thiazole rings is 1. The van der Waals surface area contributed by atoms with Crippen LogP contribution in [0.25, 0.3) is 22.0 Å². The standard InChI is InChI=1S/C20H13F2N3O2S/c1-11-18(25-20(28-11)16-9-23-10-27-16)12-5-7-13(8-6-12)24-19(26)17-14(21)3-2-4-15(17)22/h2-10H,1H3,(H,24,26). The summed E-state index contributed by atoms with van der Waals surface area (Å²) in [6.07, 6.45) is 2.95. The van der Waals surface area contributed by atoms with Crippen molar-refractivity contribution in [3.05, 3.63) is 77.1 Å². The third kappa shape index (κ3) is 3.41. The Balaban J connectivity index is 1.56. The number of hydrogen-bond donors (Lipinski definition) is 1. The molecule has 28 heavy (non-hydrogen) atoms. The van der Waals surface area contributed by atoms with Crippen LogP contribution in [0.3, 0.4) is 0 Å². The molecule has 0 unspecified atom stereocenters. The molecular formula is C20H13F2N3O2S. The van der Waals surface area contributed by atoms with E-state index in [1.165, 1.54) is 23.8 Å². The fourth-order valence-electron chi connectivity index (χ4n) is 2.71. The zero-order chi connectivity index (χ0) is 19.7. The number of hydrogen-bond acceptors (Lipinski definition) is 5. The quantitative estimate of drug-likeness (QED) is 0.507. The first-order valence-electron chi connectivity index (χ1n) is 8.25. The summed E-state index contributed by atoms with van der Waals surface area (Å²) in [5, 5.41) is 3.22. The van der Waals surface area contributed by atoms with Crippen molar-refractivity contribution in [2.45, 2.75) is 6.92 Å². The lowest BCUT2D eigenvalue weighted by Gasteiger charge is -2.08. The Morgan fingerprint density at radius 1 is 1.11 bits per heavy atom. The van der Waals surface area contributed by atoms with Crippen LogP contribution in [0.15, 0.2) is 59.5 Å². The second-order valence-electron chi connectivity index (χ2n) is 5.92. The van der Waals surface area contributed by atoms with Gasteiger partial charge in [0.25, 0.3) is 5.91 Å². The second-order valence-corrected chi connectivity index (χ2v) is 7.12. The predicted molar refractivity (Wildman–Crippen MR) is 102 cm³/mol. The van der Waals surface area contributed by atoms with Gasteiger partial charge in [0.1, 0.15) is 17.2 Å². The van der Waals surface area contributed by atoms with E-state index in [-0.39, 0.29) is 0 Å². The molecule has 0 atom stereocenters. The monoisotopic (exact) mass is 397 g/mol. The number of rotatable bonds is 4. The number of halogens is 2. The van der Waals surface area contributed by atoms with Crippen LogP contribution in [0.4, 0.5) is 14.5 Å². The fraction of sp³-hybridized carbons (Fsp3) is 0.0500. The molecule has 0 saturated carbocycles. The lowest BCUT2D eigenvalue weighted by atomic mass is 10.1. The van der Waals surface area contributed by atoms with Gasteiger partial charge in [-0.3, -0.25) is 4.79 Å². The summed E-state index contributed by atoms with van der Waals surface area (Å²) >= 11 is 1.48. The van der Waals surface area contributed by atoms with Crippen molar-refractivity contribution in [3.8, 4) is 22.0 Å². The highest BCUT2D eigenvalue weighted by Crippen LogP contribution is 2.33. The lowest BCUT2D eigenvalue weighted by Crippen LogP contribution is -2.15. The molecule has 0 bridgehead atoms. The molecule has 0 aliphatic rings. The van der Waals surface area contributed by atoms with E-state index in [0.717, 1.165) is 33.3 Å². The molecule has 0 aliphatic carbocycles. The molecule has 1 N–H and O–H groups in total. The molecule has 0 fully saturated rings. The SMILES string of the molecule is Cc1sc(-c2cnco2)nc1-c1ccc(NC(=O)c2c(F)cccc2F)cc1. The fourth-order valence-corrected chi connectivity index (χ4v) is 3.60. The minimum atomic E-state index is -0.910. The van der Waals surface area contributed by atoms with Crippen LogP contribution >= 0.6 is 11.3 Å². The number of aryl methyl sites for hydroxylation is 1. The largest absolute Gasteiger partial charge is 0.441 e. The average molecular weight is 397 g/mol. The van der Waals surface area contributed by atoms with Gasteiger partial charge in [0.05, 0.1) is 11.9 Å². The van der Waals surface area contributed by atoms with Gasteiger partial charge in [-0.2, -0.15) is 0 Å². The number of amides is 1. The van der Waals surface area contributed by atoms with Crippen LogP contribution < -0.4 is 5.32 Å². The van der Waals surface area contributed by atoms with Gasteiger partial charge in [-0.1, -0.05) is 18.2 Å². The highest BCUT2D eigenvalue weighted by molar-refractivity contribution is 7.15. The number of carbonyl (C=O) groups excluding carboxylic acids is 1. The maximum Gasteiger partial charge on any atom is 0.261 e. The molecule has 2 aromatic heterocycles. The predicted octanol–water partition coefficient (Wildman–Crippen LogP) is 5.30. The maximum absolute atomic E-state index is 13.7. The van der Waals surface area contributed by atoms with Crippen LogP contribution in [-0.2, 0) is 0 Å². The maximum atomic E-state index is 13.7. The summed E-state index contributed by atoms with van der Waals surface area (Å²) in [6.45, 7) is 1.95. The minimum absolute atomic E-state index is 0.416. The number of aromatic nitrogens is 2. The topological polar surface area (TPSA) is 68.0 Å². The van der Waals surface area contributed by atoms with Crippen LogP contribution in [0.2, 0.25) is 0 Å². The molecule has 4 rings (SSSR count). The Morgan fingerprint density at radius 3 is 2.46 bits per heavy atom. The molecule has 1 amide bonds. The third-order valence-corrected chi connectivity index (χ3v) is 5.03. The Kier molecular flexibility index (Phi) is 4.70. The highest BCUT2D eigenvalue weighted by Gasteiger charge is 2.17. The zero-order valence-electron chi connectivity index (χ0n) is 14.6. The first-order valence-corrected chi connectivity index (χ1v) is 9.06. The molecule has 2 heterocycles. The number of nitrogens with one attached hydrogen (secondary N) is 1. The van der Waals surface area contributed by atoms with Crippen molar-refractivity contribution in [2.75, 3.05) is 5.32 Å². The van der Waals surface area contributed by atoms with Crippen LogP contribution in [0.5, 0.6) is 0 Å². The van der Waals surface area contributed by atoms with Gasteiger partial charge in [0.2, 0.25) is 0 Å². The lowest BCUT2D eigenvalue weighted by molar-refractivity contribution is 0.101. The van der Waals surface area contributed by atoms with Crippen molar-refractivity contribution in [3.63, 3.8) is 0 Å². The normalized spacial score (nSPS) is 10.8. The van der Waals surface area contributed by atoms with E-state index in [4.69, 9.17) is 4.42 Å². The Morgan fingerprint density at radius 2 is 1.82 bits per heavy atom. The third-order valence-electron chi connectivity index (χ3n) is 4.05. The molecule has 140 valence electrons. The van der Waals surface area contributed by atoms with Gasteiger partial charge in [-0.15, -0.1) is 11.3 Å². The molecule has 5 nitrogen and oxygen atoms in total. The van der Waals surface area contributed by atoms with E-state index in [9.17, 15) is 13.6 Å². The Bertz CT molecular complexity index is 1120. The highest BCUT2D eigenvalue weighted by atomic mass is 32.1. The summed E-state index contributed by atoms with van der Waals surface area (Å²) in [7, 11) is 0. The van der Waals surface area contributed by atoms with Crippen molar-refractivity contribution < 1.29 is 18.0 Å². The summed E-state index contributed by atoms with van der Waals surface area (Å²) in [6, 6.07) is 10.1. The first-order chi connectivity index (χ1) is 13.5. The van der Waals surface area contributed by atoms with Gasteiger partial charge in [0, 0.05) is 16.1 Å². The van der Waals surface area contributed by atoms with E-state index >= 15 is 0 Å². The molecular weight excluding hydrogens is 384 g/mol. The molecule has 8 heteroatoms. The molecule has 0 spiro atoms. The van der Waals surface area contributed by atoms with Gasteiger partial charge in [0.15, 0.2) is 17.2 Å². The summed E-state index contributed by atoms with van der Waals surface area (Å²) in [5.41, 5.74) is 1.43. The van der Waals surface area contributed by atoms with Gasteiger partial charge < -0.3 is 9.73 Å². The van der Waals surface area contributed by atoms with E-state index < -0.39 is 23.1 Å². The molecule has 0 aliphatic heterocycles. The van der Waals surface area contributed by atoms with E-state index in [2.05, 4.69) is 15.3 Å². The van der Waals surface area contributed by atoms with Crippen molar-refractivity contribution >= 4 is 22.9 Å². The Hall–Kier alpha value is -3.39. The second kappa shape index (κ2) is 7.32. The number of benzene rings is 2. The van der Waals surface area contributed by atoms with Crippen molar-refractivity contribution in [1.29, 1.82) is 0 Å². The van der Waals surface area contributed by atoms with Gasteiger partial charge in [-0.25, -0.2) is 18.7 Å². The van der Waals surface area contributed by atoms with E-state index in [0.29, 0.717) is 11.4 Å². The molecule has 0 saturated heterocycles. The van der Waals surface area contributed by atoms with Crippen LogP contribution in [0.1, 0.15) is 15.2 Å². The number of nitrogens with zero attached hydrogens (tertiary/aromatic N) is 2. The minimum Gasteiger partial charge on any atom is -0.441 e.